The molecule has 0 aliphatic heterocycles. The second-order valence-corrected chi connectivity index (χ2v) is 5.84. The number of rotatable bonds is 3. The van der Waals surface area contributed by atoms with Gasteiger partial charge in [-0.05, 0) is 18.6 Å². The van der Waals surface area contributed by atoms with E-state index in [9.17, 15) is 5.26 Å². The number of benzene rings is 1. The SMILES string of the molecule is CCCc1nn2c(C#N)c(-c3ccc(Cl)cc3)nc2s1. The normalized spacial score (nSPS) is 10.8. The van der Waals surface area contributed by atoms with E-state index in [1.807, 2.05) is 12.1 Å². The van der Waals surface area contributed by atoms with Crippen molar-refractivity contribution in [3.63, 3.8) is 0 Å². The van der Waals surface area contributed by atoms with Gasteiger partial charge in [0.15, 0.2) is 5.69 Å². The second-order valence-electron chi connectivity index (χ2n) is 4.37. The van der Waals surface area contributed by atoms with Crippen LogP contribution in [0.15, 0.2) is 24.3 Å². The van der Waals surface area contributed by atoms with Gasteiger partial charge >= 0.3 is 0 Å². The van der Waals surface area contributed by atoms with Crippen molar-refractivity contribution in [2.24, 2.45) is 0 Å². The molecule has 6 heteroatoms. The number of halogens is 1. The highest BCUT2D eigenvalue weighted by molar-refractivity contribution is 7.16. The number of imidazole rings is 1. The van der Waals surface area contributed by atoms with Crippen molar-refractivity contribution in [2.75, 3.05) is 0 Å². The maximum absolute atomic E-state index is 9.39. The van der Waals surface area contributed by atoms with Crippen LogP contribution in [0.1, 0.15) is 24.0 Å². The Morgan fingerprint density at radius 1 is 1.35 bits per heavy atom. The minimum Gasteiger partial charge on any atom is -0.216 e. The van der Waals surface area contributed by atoms with Gasteiger partial charge in [0.05, 0.1) is 0 Å². The van der Waals surface area contributed by atoms with Crippen LogP contribution >= 0.6 is 22.9 Å². The van der Waals surface area contributed by atoms with Crippen LogP contribution in [-0.2, 0) is 6.42 Å². The van der Waals surface area contributed by atoms with Gasteiger partial charge in [0.25, 0.3) is 0 Å². The van der Waals surface area contributed by atoms with Gasteiger partial charge in [0.2, 0.25) is 4.96 Å². The molecular formula is C14H11ClN4S. The summed E-state index contributed by atoms with van der Waals surface area (Å²) >= 11 is 7.42. The zero-order chi connectivity index (χ0) is 14.1. The number of aryl methyl sites for hydroxylation is 1. The highest BCUT2D eigenvalue weighted by Gasteiger charge is 2.17. The number of nitrogens with zero attached hydrogens (tertiary/aromatic N) is 4. The molecule has 0 radical (unpaired) electrons. The first kappa shape index (κ1) is 13.1. The lowest BCUT2D eigenvalue weighted by Gasteiger charge is -1.97. The van der Waals surface area contributed by atoms with Crippen LogP contribution in [-0.4, -0.2) is 14.6 Å². The second kappa shape index (κ2) is 5.23. The van der Waals surface area contributed by atoms with E-state index in [2.05, 4.69) is 23.1 Å². The molecule has 100 valence electrons. The predicted molar refractivity (Wildman–Crippen MR) is 80.0 cm³/mol. The first-order valence-electron chi connectivity index (χ1n) is 6.27. The van der Waals surface area contributed by atoms with E-state index in [0.717, 1.165) is 28.4 Å². The van der Waals surface area contributed by atoms with Crippen molar-refractivity contribution in [2.45, 2.75) is 19.8 Å². The Bertz CT molecular complexity index is 795. The fourth-order valence-electron chi connectivity index (χ4n) is 2.01. The van der Waals surface area contributed by atoms with E-state index in [4.69, 9.17) is 11.6 Å². The van der Waals surface area contributed by atoms with E-state index in [0.29, 0.717) is 16.4 Å². The molecule has 4 nitrogen and oxygen atoms in total. The molecule has 0 bridgehead atoms. The van der Waals surface area contributed by atoms with Gasteiger partial charge in [-0.15, -0.1) is 0 Å². The Kier molecular flexibility index (Phi) is 3.43. The van der Waals surface area contributed by atoms with Crippen LogP contribution in [0.5, 0.6) is 0 Å². The third kappa shape index (κ3) is 2.17. The molecule has 0 amide bonds. The average Bonchev–Trinajstić information content (AvgIpc) is 2.96. The Labute approximate surface area is 125 Å². The van der Waals surface area contributed by atoms with E-state index in [1.54, 1.807) is 16.6 Å². The summed E-state index contributed by atoms with van der Waals surface area (Å²) in [6.07, 6.45) is 1.94. The standard InChI is InChI=1S/C14H11ClN4S/c1-2-3-12-18-19-11(8-16)13(17-14(19)20-12)9-4-6-10(15)7-5-9/h4-7H,2-3H2,1H3. The molecule has 0 aliphatic carbocycles. The molecule has 0 spiro atoms. The first-order chi connectivity index (χ1) is 9.72. The molecule has 0 saturated carbocycles. The summed E-state index contributed by atoms with van der Waals surface area (Å²) in [4.78, 5) is 5.30. The molecule has 0 fully saturated rings. The van der Waals surface area contributed by atoms with Crippen LogP contribution in [0, 0.1) is 11.3 Å². The van der Waals surface area contributed by atoms with Gasteiger partial charge in [-0.2, -0.15) is 14.9 Å². The zero-order valence-electron chi connectivity index (χ0n) is 10.8. The van der Waals surface area contributed by atoms with Crippen molar-refractivity contribution in [1.82, 2.24) is 14.6 Å². The molecule has 0 aliphatic rings. The molecule has 0 unspecified atom stereocenters. The first-order valence-corrected chi connectivity index (χ1v) is 7.47. The average molecular weight is 303 g/mol. The van der Waals surface area contributed by atoms with Gasteiger partial charge in [-0.3, -0.25) is 0 Å². The summed E-state index contributed by atoms with van der Waals surface area (Å²) in [5.41, 5.74) is 2.01. The lowest BCUT2D eigenvalue weighted by Crippen LogP contribution is -1.92. The summed E-state index contributed by atoms with van der Waals surface area (Å²) < 4.78 is 1.64. The molecule has 2 heterocycles. The zero-order valence-corrected chi connectivity index (χ0v) is 12.4. The summed E-state index contributed by atoms with van der Waals surface area (Å²) in [5, 5.41) is 15.5. The Morgan fingerprint density at radius 3 is 2.75 bits per heavy atom. The predicted octanol–water partition coefficient (Wildman–Crippen LogP) is 3.94. The van der Waals surface area contributed by atoms with Gasteiger partial charge in [0.1, 0.15) is 16.8 Å². The molecule has 1 aromatic carbocycles. The molecule has 3 aromatic rings. The van der Waals surface area contributed by atoms with Gasteiger partial charge in [0, 0.05) is 17.0 Å². The fraction of sp³-hybridized carbons (Fsp3) is 0.214. The van der Waals surface area contributed by atoms with Gasteiger partial charge < -0.3 is 0 Å². The number of nitriles is 1. The lowest BCUT2D eigenvalue weighted by molar-refractivity contribution is 0.843. The molecule has 0 N–H and O–H groups in total. The molecule has 2 aromatic heterocycles. The Balaban J connectivity index is 2.14. The van der Waals surface area contributed by atoms with E-state index in [1.165, 1.54) is 11.3 Å². The van der Waals surface area contributed by atoms with Crippen LogP contribution in [0.2, 0.25) is 5.02 Å². The quantitative estimate of drug-likeness (QED) is 0.736. The maximum Gasteiger partial charge on any atom is 0.214 e. The van der Waals surface area contributed by atoms with Crippen molar-refractivity contribution >= 4 is 27.9 Å². The van der Waals surface area contributed by atoms with Crippen molar-refractivity contribution in [3.8, 4) is 17.3 Å². The smallest absolute Gasteiger partial charge is 0.214 e. The van der Waals surface area contributed by atoms with Crippen LogP contribution in [0.25, 0.3) is 16.2 Å². The Hall–Kier alpha value is -1.90. The molecule has 0 atom stereocenters. The van der Waals surface area contributed by atoms with E-state index < -0.39 is 0 Å². The molecule has 20 heavy (non-hydrogen) atoms. The minimum atomic E-state index is 0.473. The largest absolute Gasteiger partial charge is 0.216 e. The van der Waals surface area contributed by atoms with Gasteiger partial charge in [-0.1, -0.05) is 42.0 Å². The van der Waals surface area contributed by atoms with Crippen molar-refractivity contribution in [3.05, 3.63) is 40.0 Å². The van der Waals surface area contributed by atoms with Crippen molar-refractivity contribution < 1.29 is 0 Å². The summed E-state index contributed by atoms with van der Waals surface area (Å²) in [6.45, 7) is 2.11. The summed E-state index contributed by atoms with van der Waals surface area (Å²) in [6, 6.07) is 9.51. The highest BCUT2D eigenvalue weighted by atomic mass is 35.5. The summed E-state index contributed by atoms with van der Waals surface area (Å²) in [5.74, 6) is 0. The molecule has 0 saturated heterocycles. The van der Waals surface area contributed by atoms with Gasteiger partial charge in [-0.25, -0.2) is 4.98 Å². The van der Waals surface area contributed by atoms with Crippen LogP contribution in [0.3, 0.4) is 0 Å². The molecular weight excluding hydrogens is 292 g/mol. The third-order valence-corrected chi connectivity index (χ3v) is 4.15. The minimum absolute atomic E-state index is 0.473. The van der Waals surface area contributed by atoms with E-state index >= 15 is 0 Å². The molecule has 3 rings (SSSR count). The Morgan fingerprint density at radius 2 is 2.10 bits per heavy atom. The maximum atomic E-state index is 9.39. The van der Waals surface area contributed by atoms with Crippen LogP contribution in [0.4, 0.5) is 0 Å². The topological polar surface area (TPSA) is 54.0 Å². The summed E-state index contributed by atoms with van der Waals surface area (Å²) in [7, 11) is 0. The number of hydrogen-bond donors (Lipinski definition) is 0. The third-order valence-electron chi connectivity index (χ3n) is 2.93. The number of hydrogen-bond acceptors (Lipinski definition) is 4. The number of fused-ring (bicyclic) bond motifs is 1. The lowest BCUT2D eigenvalue weighted by atomic mass is 10.1. The van der Waals surface area contributed by atoms with Crippen LogP contribution < -0.4 is 0 Å². The highest BCUT2D eigenvalue weighted by Crippen LogP contribution is 2.27. The van der Waals surface area contributed by atoms with E-state index in [-0.39, 0.29) is 0 Å². The fourth-order valence-corrected chi connectivity index (χ4v) is 3.13. The number of aromatic nitrogens is 3. The monoisotopic (exact) mass is 302 g/mol. The van der Waals surface area contributed by atoms with Crippen molar-refractivity contribution in [1.29, 1.82) is 5.26 Å².